The van der Waals surface area contributed by atoms with Crippen molar-refractivity contribution in [1.29, 1.82) is 0 Å². The zero-order valence-corrected chi connectivity index (χ0v) is 20.8. The molecule has 0 aliphatic rings. The molecule has 0 atom stereocenters. The smallest absolute Gasteiger partial charge is 0.243 e. The molecule has 0 fully saturated rings. The van der Waals surface area contributed by atoms with Crippen LogP contribution in [0.15, 0.2) is 65.6 Å². The summed E-state index contributed by atoms with van der Waals surface area (Å²) < 4.78 is 27.6. The van der Waals surface area contributed by atoms with E-state index in [0.29, 0.717) is 26.3 Å². The molecule has 1 N–H and O–H groups in total. The van der Waals surface area contributed by atoms with Crippen LogP contribution in [0.2, 0.25) is 25.1 Å². The van der Waals surface area contributed by atoms with Crippen molar-refractivity contribution < 1.29 is 13.2 Å². The van der Waals surface area contributed by atoms with Gasteiger partial charge in [-0.1, -0.05) is 64.1 Å². The van der Waals surface area contributed by atoms with Crippen LogP contribution in [0.1, 0.15) is 5.56 Å². The third kappa shape index (κ3) is 6.29. The van der Waals surface area contributed by atoms with Crippen LogP contribution in [0.25, 0.3) is 0 Å². The Hall–Kier alpha value is -1.51. The predicted octanol–water partition coefficient (Wildman–Crippen LogP) is 6.78. The Bertz CT molecular complexity index is 1250. The van der Waals surface area contributed by atoms with E-state index in [1.807, 2.05) is 0 Å². The molecule has 0 aliphatic heterocycles. The maximum absolute atomic E-state index is 13.3. The van der Waals surface area contributed by atoms with Crippen molar-refractivity contribution in [2.45, 2.75) is 11.4 Å². The van der Waals surface area contributed by atoms with Gasteiger partial charge in [0.2, 0.25) is 15.9 Å². The lowest BCUT2D eigenvalue weighted by atomic mass is 10.2. The van der Waals surface area contributed by atoms with E-state index in [0.717, 1.165) is 4.31 Å². The number of benzene rings is 3. The van der Waals surface area contributed by atoms with E-state index in [1.165, 1.54) is 42.5 Å². The molecule has 3 rings (SSSR count). The zero-order chi connectivity index (χ0) is 23.5. The normalized spacial score (nSPS) is 11.6. The SMILES string of the molecule is O=C(CN(Cc1ccc(Cl)cc1Cl)S(=O)(=O)c1ccc(Cl)cc1)Nc1ccc(Cl)cc1Cl. The quantitative estimate of drug-likeness (QED) is 0.351. The average Bonchev–Trinajstić information content (AvgIpc) is 2.71. The first-order valence-corrected chi connectivity index (χ1v) is 12.3. The topological polar surface area (TPSA) is 66.5 Å². The molecule has 1 amide bonds. The van der Waals surface area contributed by atoms with Crippen LogP contribution >= 0.6 is 58.0 Å². The lowest BCUT2D eigenvalue weighted by Crippen LogP contribution is -2.37. The van der Waals surface area contributed by atoms with Crippen LogP contribution in [-0.2, 0) is 21.4 Å². The molecule has 0 aromatic heterocycles. The van der Waals surface area contributed by atoms with Crippen molar-refractivity contribution in [2.24, 2.45) is 0 Å². The van der Waals surface area contributed by atoms with E-state index in [2.05, 4.69) is 5.32 Å². The standard InChI is InChI=1S/C21H15Cl5N2O3S/c22-14-3-6-17(7-4-14)32(30,31)28(11-13-1-2-15(23)9-18(13)25)12-21(29)27-20-8-5-16(24)10-19(20)26/h1-10H,11-12H2,(H,27,29). The van der Waals surface area contributed by atoms with Crippen molar-refractivity contribution in [3.05, 3.63) is 91.3 Å². The van der Waals surface area contributed by atoms with Crippen LogP contribution < -0.4 is 5.32 Å². The highest BCUT2D eigenvalue weighted by Crippen LogP contribution is 2.27. The Balaban J connectivity index is 1.92. The molecule has 0 heterocycles. The molecule has 0 bridgehead atoms. The van der Waals surface area contributed by atoms with Gasteiger partial charge < -0.3 is 5.32 Å². The van der Waals surface area contributed by atoms with Crippen LogP contribution in [0.3, 0.4) is 0 Å². The highest BCUT2D eigenvalue weighted by Gasteiger charge is 2.28. The summed E-state index contributed by atoms with van der Waals surface area (Å²) in [6, 6.07) is 14.9. The maximum Gasteiger partial charge on any atom is 0.243 e. The molecule has 11 heteroatoms. The summed E-state index contributed by atoms with van der Waals surface area (Å²) in [7, 11) is -4.08. The van der Waals surface area contributed by atoms with Crippen molar-refractivity contribution in [1.82, 2.24) is 4.31 Å². The fourth-order valence-corrected chi connectivity index (χ4v) is 5.19. The molecule has 32 heavy (non-hydrogen) atoms. The van der Waals surface area contributed by atoms with Crippen LogP contribution in [0, 0.1) is 0 Å². The summed E-state index contributed by atoms with van der Waals surface area (Å²) in [6.07, 6.45) is 0. The number of nitrogens with zero attached hydrogens (tertiary/aromatic N) is 1. The van der Waals surface area contributed by atoms with Crippen LogP contribution in [-0.4, -0.2) is 25.2 Å². The van der Waals surface area contributed by atoms with Gasteiger partial charge in [0, 0.05) is 26.6 Å². The number of sulfonamides is 1. The molecule has 3 aromatic carbocycles. The van der Waals surface area contributed by atoms with Gasteiger partial charge in [-0.25, -0.2) is 8.42 Å². The summed E-state index contributed by atoms with van der Waals surface area (Å²) in [4.78, 5) is 12.7. The summed E-state index contributed by atoms with van der Waals surface area (Å²) in [5.41, 5.74) is 0.778. The molecule has 0 radical (unpaired) electrons. The molecular weight excluding hydrogens is 538 g/mol. The number of anilines is 1. The van der Waals surface area contributed by atoms with Gasteiger partial charge in [-0.15, -0.1) is 0 Å². The number of rotatable bonds is 7. The number of hydrogen-bond donors (Lipinski definition) is 1. The molecule has 0 aliphatic carbocycles. The van der Waals surface area contributed by atoms with E-state index in [4.69, 9.17) is 58.0 Å². The second-order valence-corrected chi connectivity index (χ2v) is 10.7. The van der Waals surface area contributed by atoms with Gasteiger partial charge >= 0.3 is 0 Å². The molecule has 3 aromatic rings. The van der Waals surface area contributed by atoms with Gasteiger partial charge in [0.25, 0.3) is 0 Å². The van der Waals surface area contributed by atoms with Gasteiger partial charge in [-0.3, -0.25) is 4.79 Å². The van der Waals surface area contributed by atoms with E-state index in [-0.39, 0.29) is 21.5 Å². The van der Waals surface area contributed by atoms with Crippen molar-refractivity contribution in [3.8, 4) is 0 Å². The largest absolute Gasteiger partial charge is 0.324 e. The third-order valence-electron chi connectivity index (χ3n) is 4.34. The van der Waals surface area contributed by atoms with Crippen LogP contribution in [0.5, 0.6) is 0 Å². The monoisotopic (exact) mass is 550 g/mol. The summed E-state index contributed by atoms with van der Waals surface area (Å²) in [5.74, 6) is -0.600. The second-order valence-electron chi connectivity index (χ2n) is 6.64. The van der Waals surface area contributed by atoms with Gasteiger partial charge in [0.1, 0.15) is 0 Å². The van der Waals surface area contributed by atoms with E-state index >= 15 is 0 Å². The van der Waals surface area contributed by atoms with Gasteiger partial charge in [-0.2, -0.15) is 4.31 Å². The minimum atomic E-state index is -4.08. The first kappa shape index (κ1) is 25.1. The van der Waals surface area contributed by atoms with Gasteiger partial charge in [0.15, 0.2) is 0 Å². The first-order chi connectivity index (χ1) is 15.1. The molecule has 5 nitrogen and oxygen atoms in total. The Morgan fingerprint density at radius 1 is 0.781 bits per heavy atom. The maximum atomic E-state index is 13.3. The van der Waals surface area contributed by atoms with Gasteiger partial charge in [0.05, 0.1) is 22.2 Å². The lowest BCUT2D eigenvalue weighted by Gasteiger charge is -2.23. The molecular formula is C21H15Cl5N2O3S. The number of hydrogen-bond acceptors (Lipinski definition) is 3. The van der Waals surface area contributed by atoms with E-state index in [1.54, 1.807) is 18.2 Å². The number of amides is 1. The number of carbonyl (C=O) groups is 1. The first-order valence-electron chi connectivity index (χ1n) is 9.01. The molecule has 0 unspecified atom stereocenters. The number of nitrogens with one attached hydrogen (secondary N) is 1. The highest BCUT2D eigenvalue weighted by atomic mass is 35.5. The third-order valence-corrected chi connectivity index (χ3v) is 7.53. The van der Waals surface area contributed by atoms with Crippen molar-refractivity contribution >= 4 is 79.6 Å². The fourth-order valence-electron chi connectivity index (χ4n) is 2.76. The zero-order valence-electron chi connectivity index (χ0n) is 16.2. The highest BCUT2D eigenvalue weighted by molar-refractivity contribution is 7.89. The fraction of sp³-hybridized carbons (Fsp3) is 0.0952. The predicted molar refractivity (Wildman–Crippen MR) is 131 cm³/mol. The summed E-state index contributed by atoms with van der Waals surface area (Å²) in [5, 5.41) is 4.28. The second kappa shape index (κ2) is 10.6. The Morgan fingerprint density at radius 2 is 1.34 bits per heavy atom. The lowest BCUT2D eigenvalue weighted by molar-refractivity contribution is -0.116. The van der Waals surface area contributed by atoms with E-state index in [9.17, 15) is 13.2 Å². The Kier molecular flexibility index (Phi) is 8.33. The minimum absolute atomic E-state index is 0.0238. The summed E-state index contributed by atoms with van der Waals surface area (Å²) in [6.45, 7) is -0.661. The van der Waals surface area contributed by atoms with Crippen molar-refractivity contribution in [3.63, 3.8) is 0 Å². The summed E-state index contributed by atoms with van der Waals surface area (Å²) >= 11 is 30.0. The van der Waals surface area contributed by atoms with E-state index < -0.39 is 22.5 Å². The van der Waals surface area contributed by atoms with Crippen molar-refractivity contribution in [2.75, 3.05) is 11.9 Å². The molecule has 0 spiro atoms. The minimum Gasteiger partial charge on any atom is -0.324 e. The molecule has 168 valence electrons. The Morgan fingerprint density at radius 3 is 1.94 bits per heavy atom. The van der Waals surface area contributed by atoms with Crippen LogP contribution in [0.4, 0.5) is 5.69 Å². The number of halogens is 5. The molecule has 0 saturated carbocycles. The molecule has 0 saturated heterocycles. The average molecular weight is 553 g/mol. The Labute approximate surface area is 210 Å². The number of carbonyl (C=O) groups excluding carboxylic acids is 1. The van der Waals surface area contributed by atoms with Gasteiger partial charge in [-0.05, 0) is 60.2 Å².